The predicted molar refractivity (Wildman–Crippen MR) is 78.7 cm³/mol. The van der Waals surface area contributed by atoms with Crippen molar-refractivity contribution in [1.29, 1.82) is 0 Å². The van der Waals surface area contributed by atoms with Gasteiger partial charge in [-0.1, -0.05) is 23.9 Å². The number of nitrogens with zero attached hydrogens (tertiary/aromatic N) is 2. The van der Waals surface area contributed by atoms with E-state index in [4.69, 9.17) is 0 Å². The van der Waals surface area contributed by atoms with E-state index in [0.717, 1.165) is 16.2 Å². The Balaban J connectivity index is 1.97. The number of urea groups is 1. The van der Waals surface area contributed by atoms with Crippen molar-refractivity contribution in [2.45, 2.75) is 12.1 Å². The number of amides is 3. The summed E-state index contributed by atoms with van der Waals surface area (Å²) in [7, 11) is 1.90. The highest BCUT2D eigenvalue weighted by atomic mass is 32.2. The number of imide groups is 1. The zero-order chi connectivity index (χ0) is 14.5. The number of fused-ring (bicyclic) bond motifs is 1. The number of carbonyl (C=O) groups is 2. The smallest absolute Gasteiger partial charge is 0.321 e. The topological polar surface area (TPSA) is 76.0 Å². The molecule has 0 spiro atoms. The first-order valence-electron chi connectivity index (χ1n) is 6.23. The molecule has 1 heterocycles. The summed E-state index contributed by atoms with van der Waals surface area (Å²) in [5.74, 6) is -0.193. The molecule has 0 aliphatic heterocycles. The van der Waals surface area contributed by atoms with E-state index in [1.807, 2.05) is 35.9 Å². The van der Waals surface area contributed by atoms with Crippen molar-refractivity contribution in [3.05, 3.63) is 24.3 Å². The van der Waals surface area contributed by atoms with Gasteiger partial charge in [-0.2, -0.15) is 0 Å². The fraction of sp³-hybridized carbons (Fsp3) is 0.308. The summed E-state index contributed by atoms with van der Waals surface area (Å²) in [6, 6.07) is 7.30. The number of aryl methyl sites for hydroxylation is 1. The van der Waals surface area contributed by atoms with E-state index in [2.05, 4.69) is 15.6 Å². The molecule has 0 fully saturated rings. The number of benzene rings is 1. The highest BCUT2D eigenvalue weighted by Gasteiger charge is 2.11. The van der Waals surface area contributed by atoms with Crippen molar-refractivity contribution >= 4 is 34.7 Å². The Morgan fingerprint density at radius 1 is 1.35 bits per heavy atom. The van der Waals surface area contributed by atoms with Crippen LogP contribution in [0.25, 0.3) is 11.0 Å². The summed E-state index contributed by atoms with van der Waals surface area (Å²) in [6.07, 6.45) is 0. The van der Waals surface area contributed by atoms with Crippen LogP contribution in [-0.2, 0) is 11.8 Å². The van der Waals surface area contributed by atoms with Gasteiger partial charge in [-0.25, -0.2) is 9.78 Å². The van der Waals surface area contributed by atoms with Crippen molar-refractivity contribution in [2.75, 3.05) is 12.3 Å². The van der Waals surface area contributed by atoms with Crippen LogP contribution >= 0.6 is 11.8 Å². The lowest BCUT2D eigenvalue weighted by Gasteiger charge is -2.04. The molecule has 2 N–H and O–H groups in total. The minimum atomic E-state index is -0.469. The summed E-state index contributed by atoms with van der Waals surface area (Å²) in [5, 5.41) is 5.51. The lowest BCUT2D eigenvalue weighted by atomic mass is 10.3. The fourth-order valence-corrected chi connectivity index (χ4v) is 2.54. The van der Waals surface area contributed by atoms with Gasteiger partial charge in [0.15, 0.2) is 5.16 Å². The molecule has 0 atom stereocenters. The van der Waals surface area contributed by atoms with Gasteiger partial charge >= 0.3 is 6.03 Å². The van der Waals surface area contributed by atoms with Crippen LogP contribution in [0.1, 0.15) is 6.92 Å². The third kappa shape index (κ3) is 3.30. The van der Waals surface area contributed by atoms with Gasteiger partial charge in [0.25, 0.3) is 0 Å². The molecule has 106 valence electrons. The second-order valence-corrected chi connectivity index (χ2v) is 5.08. The zero-order valence-corrected chi connectivity index (χ0v) is 12.2. The molecule has 6 nitrogen and oxygen atoms in total. The number of rotatable bonds is 4. The largest absolute Gasteiger partial charge is 0.338 e. The highest BCUT2D eigenvalue weighted by molar-refractivity contribution is 7.99. The van der Waals surface area contributed by atoms with Crippen molar-refractivity contribution in [3.63, 3.8) is 0 Å². The zero-order valence-electron chi connectivity index (χ0n) is 11.3. The van der Waals surface area contributed by atoms with Gasteiger partial charge in [0, 0.05) is 13.6 Å². The van der Waals surface area contributed by atoms with Crippen LogP contribution in [0.4, 0.5) is 4.79 Å². The normalized spacial score (nSPS) is 10.5. The average molecular weight is 292 g/mol. The van der Waals surface area contributed by atoms with E-state index in [0.29, 0.717) is 6.54 Å². The molecule has 3 amide bonds. The summed E-state index contributed by atoms with van der Waals surface area (Å²) in [5.41, 5.74) is 1.90. The molecule has 0 saturated carbocycles. The quantitative estimate of drug-likeness (QED) is 0.838. The summed E-state index contributed by atoms with van der Waals surface area (Å²) < 4.78 is 1.93. The van der Waals surface area contributed by atoms with Crippen molar-refractivity contribution in [2.24, 2.45) is 7.05 Å². The third-order valence-corrected chi connectivity index (χ3v) is 3.70. The van der Waals surface area contributed by atoms with E-state index < -0.39 is 6.03 Å². The second kappa shape index (κ2) is 6.42. The van der Waals surface area contributed by atoms with E-state index in [1.54, 1.807) is 6.92 Å². The van der Waals surface area contributed by atoms with Gasteiger partial charge in [0.1, 0.15) is 0 Å². The standard InChI is InChI=1S/C13H16N4O2S/c1-3-14-12(19)16-11(18)8-20-13-15-9-6-4-5-7-10(9)17(13)2/h4-7H,3,8H2,1-2H3,(H2,14,16,18,19). The van der Waals surface area contributed by atoms with Crippen LogP contribution < -0.4 is 10.6 Å². The van der Waals surface area contributed by atoms with Gasteiger partial charge in [-0.15, -0.1) is 0 Å². The Labute approximate surface area is 120 Å². The Morgan fingerprint density at radius 2 is 2.10 bits per heavy atom. The first kappa shape index (κ1) is 14.4. The minimum Gasteiger partial charge on any atom is -0.338 e. The number of aromatic nitrogens is 2. The maximum atomic E-state index is 11.6. The summed E-state index contributed by atoms with van der Waals surface area (Å²) in [4.78, 5) is 27.2. The van der Waals surface area contributed by atoms with Crippen LogP contribution in [0.5, 0.6) is 0 Å². The van der Waals surface area contributed by atoms with Crippen LogP contribution in [0, 0.1) is 0 Å². The van der Waals surface area contributed by atoms with E-state index in [1.165, 1.54) is 11.8 Å². The van der Waals surface area contributed by atoms with Crippen LogP contribution in [-0.4, -0.2) is 33.8 Å². The van der Waals surface area contributed by atoms with Gasteiger partial charge < -0.3 is 9.88 Å². The lowest BCUT2D eigenvalue weighted by molar-refractivity contribution is -0.117. The van der Waals surface area contributed by atoms with Crippen LogP contribution in [0.15, 0.2) is 29.4 Å². The Hall–Kier alpha value is -2.02. The molecular weight excluding hydrogens is 276 g/mol. The van der Waals surface area contributed by atoms with Crippen LogP contribution in [0.3, 0.4) is 0 Å². The monoisotopic (exact) mass is 292 g/mol. The van der Waals surface area contributed by atoms with Crippen molar-refractivity contribution < 1.29 is 9.59 Å². The number of nitrogens with one attached hydrogen (secondary N) is 2. The molecule has 0 saturated heterocycles. The Morgan fingerprint density at radius 3 is 2.80 bits per heavy atom. The first-order valence-corrected chi connectivity index (χ1v) is 7.22. The maximum absolute atomic E-state index is 11.6. The van der Waals surface area contributed by atoms with Gasteiger partial charge in [0.2, 0.25) is 5.91 Å². The molecule has 0 unspecified atom stereocenters. The van der Waals surface area contributed by atoms with Crippen molar-refractivity contribution in [3.8, 4) is 0 Å². The van der Waals surface area contributed by atoms with Gasteiger partial charge in [-0.3, -0.25) is 10.1 Å². The first-order chi connectivity index (χ1) is 9.61. The molecule has 0 aliphatic rings. The summed E-state index contributed by atoms with van der Waals surface area (Å²) in [6.45, 7) is 2.27. The number of para-hydroxylation sites is 2. The molecule has 20 heavy (non-hydrogen) atoms. The predicted octanol–water partition coefficient (Wildman–Crippen LogP) is 1.51. The number of thioether (sulfide) groups is 1. The minimum absolute atomic E-state index is 0.147. The van der Waals surface area contributed by atoms with E-state index in [-0.39, 0.29) is 11.7 Å². The highest BCUT2D eigenvalue weighted by Crippen LogP contribution is 2.22. The molecule has 0 aliphatic carbocycles. The molecule has 1 aromatic carbocycles. The van der Waals surface area contributed by atoms with E-state index >= 15 is 0 Å². The van der Waals surface area contributed by atoms with Crippen LogP contribution in [0.2, 0.25) is 0 Å². The number of hydrogen-bond donors (Lipinski definition) is 2. The Bertz CT molecular complexity index is 638. The lowest BCUT2D eigenvalue weighted by Crippen LogP contribution is -2.40. The maximum Gasteiger partial charge on any atom is 0.321 e. The Kier molecular flexibility index (Phi) is 4.62. The SMILES string of the molecule is CCNC(=O)NC(=O)CSc1nc2ccccc2n1C. The molecule has 1 aromatic heterocycles. The molecule has 7 heteroatoms. The number of hydrogen-bond acceptors (Lipinski definition) is 4. The third-order valence-electron chi connectivity index (χ3n) is 2.67. The van der Waals surface area contributed by atoms with Crippen molar-refractivity contribution in [1.82, 2.24) is 20.2 Å². The molecule has 2 rings (SSSR count). The number of imidazole rings is 1. The number of carbonyl (C=O) groups excluding carboxylic acids is 2. The summed E-state index contributed by atoms with van der Waals surface area (Å²) >= 11 is 1.30. The molecular formula is C13H16N4O2S. The second-order valence-electron chi connectivity index (χ2n) is 4.14. The van der Waals surface area contributed by atoms with E-state index in [9.17, 15) is 9.59 Å². The van der Waals surface area contributed by atoms with Gasteiger partial charge in [-0.05, 0) is 19.1 Å². The molecule has 0 bridgehead atoms. The molecule has 2 aromatic rings. The van der Waals surface area contributed by atoms with Gasteiger partial charge in [0.05, 0.1) is 16.8 Å². The average Bonchev–Trinajstić information content (AvgIpc) is 2.74. The molecule has 0 radical (unpaired) electrons. The fourth-order valence-electron chi connectivity index (χ4n) is 1.75.